The molecule has 0 spiro atoms. The lowest BCUT2D eigenvalue weighted by Gasteiger charge is -2.36. The highest BCUT2D eigenvalue weighted by atomic mass is 35.5. The number of benzene rings is 1. The van der Waals surface area contributed by atoms with Gasteiger partial charge in [-0.25, -0.2) is 4.68 Å². The molecule has 2 heterocycles. The highest BCUT2D eigenvalue weighted by Crippen LogP contribution is 2.35. The van der Waals surface area contributed by atoms with Gasteiger partial charge in [-0.2, -0.15) is 18.3 Å². The van der Waals surface area contributed by atoms with Gasteiger partial charge >= 0.3 is 6.18 Å². The number of hydrogen-bond donors (Lipinski definition) is 1. The predicted octanol–water partition coefficient (Wildman–Crippen LogP) is 3.28. The molecule has 1 amide bonds. The zero-order valence-corrected chi connectivity index (χ0v) is 14.8. The van der Waals surface area contributed by atoms with Crippen LogP contribution in [-0.2, 0) is 11.3 Å². The molecule has 140 valence electrons. The minimum absolute atomic E-state index is 0.0433. The van der Waals surface area contributed by atoms with Crippen LogP contribution in [0.2, 0.25) is 5.02 Å². The summed E-state index contributed by atoms with van der Waals surface area (Å²) in [5.41, 5.74) is -1.19. The van der Waals surface area contributed by atoms with E-state index in [1.165, 1.54) is 6.20 Å². The summed E-state index contributed by atoms with van der Waals surface area (Å²) in [4.78, 5) is 13.3. The average molecular weight is 388 g/mol. The van der Waals surface area contributed by atoms with E-state index >= 15 is 0 Å². The fourth-order valence-electron chi connectivity index (χ4n) is 3.10. The van der Waals surface area contributed by atoms with Crippen LogP contribution < -0.4 is 0 Å². The zero-order valence-electron chi connectivity index (χ0n) is 14.1. The van der Waals surface area contributed by atoms with Crippen molar-refractivity contribution < 1.29 is 23.1 Å². The number of aromatic nitrogens is 2. The number of amides is 1. The predicted molar refractivity (Wildman–Crippen MR) is 89.1 cm³/mol. The molecule has 0 fully saturated rings. The fourth-order valence-corrected chi connectivity index (χ4v) is 3.22. The second-order valence-corrected chi connectivity index (χ2v) is 7.04. The summed E-state index contributed by atoms with van der Waals surface area (Å²) in [5.74, 6) is -1.62. The number of alkyl halides is 3. The molecule has 0 unspecified atom stereocenters. The Hall–Kier alpha value is -2.06. The molecule has 26 heavy (non-hydrogen) atoms. The molecule has 0 saturated heterocycles. The summed E-state index contributed by atoms with van der Waals surface area (Å²) >= 11 is 5.89. The molecule has 0 saturated carbocycles. The van der Waals surface area contributed by atoms with E-state index in [0.29, 0.717) is 17.5 Å². The van der Waals surface area contributed by atoms with Gasteiger partial charge in [0.2, 0.25) is 5.60 Å². The molecule has 1 aliphatic heterocycles. The number of carbonyl (C=O) groups excluding carboxylic acids is 1. The Morgan fingerprint density at radius 1 is 1.31 bits per heavy atom. The molecule has 5 nitrogen and oxygen atoms in total. The first-order chi connectivity index (χ1) is 12.0. The van der Waals surface area contributed by atoms with E-state index in [0.717, 1.165) is 16.3 Å². The van der Waals surface area contributed by atoms with Crippen molar-refractivity contribution in [1.82, 2.24) is 14.7 Å². The van der Waals surface area contributed by atoms with Crippen LogP contribution in [0.5, 0.6) is 0 Å². The summed E-state index contributed by atoms with van der Waals surface area (Å²) in [7, 11) is 0. The van der Waals surface area contributed by atoms with Crippen molar-refractivity contribution in [3.63, 3.8) is 0 Å². The van der Waals surface area contributed by atoms with Crippen LogP contribution in [0.1, 0.15) is 31.0 Å². The number of aliphatic hydroxyl groups is 1. The van der Waals surface area contributed by atoms with E-state index < -0.39 is 17.7 Å². The third-order valence-corrected chi connectivity index (χ3v) is 4.79. The van der Waals surface area contributed by atoms with Gasteiger partial charge in [0.1, 0.15) is 0 Å². The summed E-state index contributed by atoms with van der Waals surface area (Å²) in [6, 6.07) is 7.01. The maximum Gasteiger partial charge on any atom is 0.426 e. The standard InChI is InChI=1S/C17H17ClF3N3O2/c1-10-8-23(15(25)16(2,26)17(19,20)21)9-11-7-22-24(14(10)11)13-5-3-12(18)4-6-13/h3-7,10,26H,8-9H2,1-2H3/t10-,16-/m1/s1. The summed E-state index contributed by atoms with van der Waals surface area (Å²) < 4.78 is 40.6. The van der Waals surface area contributed by atoms with E-state index in [1.54, 1.807) is 35.9 Å². The van der Waals surface area contributed by atoms with Gasteiger partial charge in [0.15, 0.2) is 0 Å². The lowest BCUT2D eigenvalue weighted by atomic mass is 9.95. The van der Waals surface area contributed by atoms with Gasteiger partial charge in [-0.05, 0) is 31.2 Å². The minimum atomic E-state index is -5.04. The van der Waals surface area contributed by atoms with E-state index in [2.05, 4.69) is 5.10 Å². The first-order valence-corrected chi connectivity index (χ1v) is 8.31. The summed E-state index contributed by atoms with van der Waals surface area (Å²) in [6.45, 7) is 2.29. The Bertz CT molecular complexity index is 831. The molecule has 0 aliphatic carbocycles. The first kappa shape index (κ1) is 18.7. The van der Waals surface area contributed by atoms with Gasteiger partial charge in [-0.3, -0.25) is 4.79 Å². The van der Waals surface area contributed by atoms with Gasteiger partial charge in [0.05, 0.1) is 17.6 Å². The van der Waals surface area contributed by atoms with Crippen LogP contribution in [0.25, 0.3) is 5.69 Å². The molecule has 0 bridgehead atoms. The highest BCUT2D eigenvalue weighted by Gasteiger charge is 2.57. The molecule has 1 N–H and O–H groups in total. The number of carbonyl (C=O) groups is 1. The molecule has 2 atom stereocenters. The molecule has 0 radical (unpaired) electrons. The Labute approximate surface area is 153 Å². The van der Waals surface area contributed by atoms with Crippen molar-refractivity contribution >= 4 is 17.5 Å². The van der Waals surface area contributed by atoms with Crippen molar-refractivity contribution in [3.05, 3.63) is 46.7 Å². The van der Waals surface area contributed by atoms with Gasteiger partial charge in [0, 0.05) is 29.6 Å². The highest BCUT2D eigenvalue weighted by molar-refractivity contribution is 6.30. The van der Waals surface area contributed by atoms with E-state index in [4.69, 9.17) is 11.6 Å². The Morgan fingerprint density at radius 2 is 1.92 bits per heavy atom. The number of fused-ring (bicyclic) bond motifs is 1. The SMILES string of the molecule is C[C@@H]1CN(C(=O)[C@@](C)(O)C(F)(F)F)Cc2cnn(-c3ccc(Cl)cc3)c21. The van der Waals surface area contributed by atoms with Crippen LogP contribution in [-0.4, -0.2) is 44.0 Å². The minimum Gasteiger partial charge on any atom is -0.373 e. The van der Waals surface area contributed by atoms with Gasteiger partial charge in [-0.15, -0.1) is 0 Å². The molecule has 1 aromatic heterocycles. The number of nitrogens with zero attached hydrogens (tertiary/aromatic N) is 3. The van der Waals surface area contributed by atoms with Crippen molar-refractivity contribution in [2.45, 2.75) is 38.1 Å². The van der Waals surface area contributed by atoms with Crippen molar-refractivity contribution in [1.29, 1.82) is 0 Å². The van der Waals surface area contributed by atoms with E-state index in [9.17, 15) is 23.1 Å². The van der Waals surface area contributed by atoms with Gasteiger partial charge in [0.25, 0.3) is 5.91 Å². The van der Waals surface area contributed by atoms with Crippen molar-refractivity contribution in [2.75, 3.05) is 6.54 Å². The average Bonchev–Trinajstić information content (AvgIpc) is 2.98. The Kier molecular flexibility index (Phi) is 4.52. The Balaban J connectivity index is 1.91. The largest absolute Gasteiger partial charge is 0.426 e. The topological polar surface area (TPSA) is 58.4 Å². The second-order valence-electron chi connectivity index (χ2n) is 6.60. The number of hydrogen-bond acceptors (Lipinski definition) is 3. The first-order valence-electron chi connectivity index (χ1n) is 7.93. The zero-order chi connectivity index (χ0) is 19.3. The third-order valence-electron chi connectivity index (χ3n) is 4.54. The van der Waals surface area contributed by atoms with Crippen LogP contribution in [0.15, 0.2) is 30.5 Å². The molecule has 1 aliphatic rings. The van der Waals surface area contributed by atoms with Crippen molar-refractivity contribution in [2.24, 2.45) is 0 Å². The normalized spacial score (nSPS) is 19.8. The Morgan fingerprint density at radius 3 is 2.50 bits per heavy atom. The third kappa shape index (κ3) is 3.07. The van der Waals surface area contributed by atoms with E-state index in [1.807, 2.05) is 0 Å². The molecule has 3 rings (SSSR count). The van der Waals surface area contributed by atoms with Crippen LogP contribution >= 0.6 is 11.6 Å². The van der Waals surface area contributed by atoms with Crippen molar-refractivity contribution in [3.8, 4) is 5.69 Å². The molecular formula is C17H17ClF3N3O2. The smallest absolute Gasteiger partial charge is 0.373 e. The van der Waals surface area contributed by atoms with Crippen LogP contribution in [0, 0.1) is 0 Å². The summed E-state index contributed by atoms with van der Waals surface area (Å²) in [6.07, 6.45) is -3.51. The number of rotatable bonds is 2. The molecule has 9 heteroatoms. The maximum atomic E-state index is 13.0. The van der Waals surface area contributed by atoms with Crippen LogP contribution in [0.3, 0.4) is 0 Å². The van der Waals surface area contributed by atoms with Gasteiger partial charge < -0.3 is 10.0 Å². The second kappa shape index (κ2) is 6.28. The lowest BCUT2D eigenvalue weighted by molar-refractivity contribution is -0.250. The summed E-state index contributed by atoms with van der Waals surface area (Å²) in [5, 5.41) is 14.5. The quantitative estimate of drug-likeness (QED) is 0.860. The molecular weight excluding hydrogens is 371 g/mol. The fraction of sp³-hybridized carbons (Fsp3) is 0.412. The van der Waals surface area contributed by atoms with Crippen LogP contribution in [0.4, 0.5) is 13.2 Å². The molecule has 1 aromatic carbocycles. The maximum absolute atomic E-state index is 13.0. The van der Waals surface area contributed by atoms with E-state index in [-0.39, 0.29) is 19.0 Å². The molecule has 2 aromatic rings. The monoisotopic (exact) mass is 387 g/mol. The lowest BCUT2D eigenvalue weighted by Crippen LogP contribution is -2.57. The number of halogens is 4. The van der Waals surface area contributed by atoms with Gasteiger partial charge in [-0.1, -0.05) is 18.5 Å².